The highest BCUT2D eigenvalue weighted by Gasteiger charge is 2.18. The van der Waals surface area contributed by atoms with E-state index in [9.17, 15) is 9.90 Å². The second-order valence-corrected chi connectivity index (χ2v) is 6.50. The number of nitrogens with one attached hydrogen (secondary N) is 1. The summed E-state index contributed by atoms with van der Waals surface area (Å²) in [5.74, 6) is 0.723. The molecule has 0 aromatic rings. The summed E-state index contributed by atoms with van der Waals surface area (Å²) in [6.07, 6.45) is 5.96. The first kappa shape index (κ1) is 17.4. The summed E-state index contributed by atoms with van der Waals surface area (Å²) in [6, 6.07) is 0.210. The van der Waals surface area contributed by atoms with Crippen LogP contribution >= 0.6 is 0 Å². The Kier molecular flexibility index (Phi) is 8.15. The molecule has 1 aliphatic rings. The minimum absolute atomic E-state index is 0.210. The number of aliphatic hydroxyl groups is 1. The van der Waals surface area contributed by atoms with Gasteiger partial charge in [0.05, 0.1) is 6.10 Å². The monoisotopic (exact) mass is 284 g/mol. The Morgan fingerprint density at radius 1 is 1.15 bits per heavy atom. The highest BCUT2D eigenvalue weighted by molar-refractivity contribution is 5.76. The molecule has 1 rings (SSSR count). The van der Waals surface area contributed by atoms with E-state index in [0.29, 0.717) is 12.3 Å². The van der Waals surface area contributed by atoms with Crippen LogP contribution in [0.3, 0.4) is 0 Å². The van der Waals surface area contributed by atoms with Gasteiger partial charge in [-0.2, -0.15) is 0 Å². The minimum atomic E-state index is -0.249. The Morgan fingerprint density at radius 2 is 1.75 bits per heavy atom. The highest BCUT2D eigenvalue weighted by atomic mass is 16.3. The van der Waals surface area contributed by atoms with Crippen molar-refractivity contribution in [2.75, 3.05) is 19.6 Å². The van der Waals surface area contributed by atoms with E-state index in [-0.39, 0.29) is 18.1 Å². The maximum Gasteiger partial charge on any atom is 0.224 e. The van der Waals surface area contributed by atoms with Crippen molar-refractivity contribution >= 4 is 5.91 Å². The number of likely N-dealkylation sites (tertiary alicyclic amines) is 1. The molecule has 1 aliphatic heterocycles. The van der Waals surface area contributed by atoms with Crippen molar-refractivity contribution < 1.29 is 9.90 Å². The van der Waals surface area contributed by atoms with E-state index in [4.69, 9.17) is 0 Å². The third-order valence-electron chi connectivity index (χ3n) is 4.00. The average Bonchev–Trinajstić information content (AvgIpc) is 2.64. The van der Waals surface area contributed by atoms with Crippen molar-refractivity contribution in [1.29, 1.82) is 0 Å². The fourth-order valence-electron chi connectivity index (χ4n) is 2.85. The molecule has 3 unspecified atom stereocenters. The van der Waals surface area contributed by atoms with Crippen molar-refractivity contribution in [1.82, 2.24) is 10.2 Å². The van der Waals surface area contributed by atoms with Crippen LogP contribution in [0, 0.1) is 5.92 Å². The van der Waals surface area contributed by atoms with Crippen LogP contribution in [0.1, 0.15) is 59.3 Å². The maximum atomic E-state index is 12.2. The molecule has 118 valence electrons. The summed E-state index contributed by atoms with van der Waals surface area (Å²) >= 11 is 0. The van der Waals surface area contributed by atoms with Gasteiger partial charge in [0.25, 0.3) is 0 Å². The third kappa shape index (κ3) is 7.25. The lowest BCUT2D eigenvalue weighted by molar-refractivity contribution is -0.131. The van der Waals surface area contributed by atoms with Crippen LogP contribution in [0.4, 0.5) is 0 Å². The normalized spacial score (nSPS) is 21.1. The molecule has 3 atom stereocenters. The summed E-state index contributed by atoms with van der Waals surface area (Å²) < 4.78 is 0. The van der Waals surface area contributed by atoms with Crippen molar-refractivity contribution in [2.24, 2.45) is 5.92 Å². The van der Waals surface area contributed by atoms with Crippen LogP contribution in [-0.2, 0) is 4.79 Å². The predicted octanol–water partition coefficient (Wildman–Crippen LogP) is 2.16. The van der Waals surface area contributed by atoms with E-state index < -0.39 is 0 Å². The predicted molar refractivity (Wildman–Crippen MR) is 82.6 cm³/mol. The Labute approximate surface area is 123 Å². The zero-order valence-electron chi connectivity index (χ0n) is 13.4. The molecule has 0 spiro atoms. The average molecular weight is 284 g/mol. The molecule has 4 heteroatoms. The largest absolute Gasteiger partial charge is 0.393 e. The molecule has 0 bridgehead atoms. The quantitative estimate of drug-likeness (QED) is 0.753. The smallest absolute Gasteiger partial charge is 0.224 e. The number of rotatable bonds is 7. The summed E-state index contributed by atoms with van der Waals surface area (Å²) in [5.41, 5.74) is 0. The zero-order valence-corrected chi connectivity index (χ0v) is 13.4. The van der Waals surface area contributed by atoms with Crippen molar-refractivity contribution in [3.8, 4) is 0 Å². The first-order chi connectivity index (χ1) is 9.49. The first-order valence-electron chi connectivity index (χ1n) is 8.18. The van der Waals surface area contributed by atoms with E-state index in [1.165, 1.54) is 12.8 Å². The Balaban J connectivity index is 2.23. The molecular weight excluding hydrogens is 252 g/mol. The Bertz CT molecular complexity index is 274. The second kappa shape index (κ2) is 9.35. The summed E-state index contributed by atoms with van der Waals surface area (Å²) in [7, 11) is 0. The number of nitrogens with zero attached hydrogens (tertiary/aromatic N) is 1. The molecule has 1 heterocycles. The maximum absolute atomic E-state index is 12.2. The molecule has 0 aromatic carbocycles. The molecule has 1 amide bonds. The van der Waals surface area contributed by atoms with E-state index >= 15 is 0 Å². The van der Waals surface area contributed by atoms with Gasteiger partial charge < -0.3 is 15.3 Å². The summed E-state index contributed by atoms with van der Waals surface area (Å²) in [5, 5.41) is 12.8. The second-order valence-electron chi connectivity index (χ2n) is 6.50. The van der Waals surface area contributed by atoms with Crippen LogP contribution in [0.5, 0.6) is 0 Å². The molecule has 0 radical (unpaired) electrons. The fraction of sp³-hybridized carbons (Fsp3) is 0.938. The lowest BCUT2D eigenvalue weighted by atomic mass is 10.0. The minimum Gasteiger partial charge on any atom is -0.393 e. The van der Waals surface area contributed by atoms with Gasteiger partial charge in [-0.1, -0.05) is 19.8 Å². The van der Waals surface area contributed by atoms with Gasteiger partial charge in [0, 0.05) is 25.6 Å². The lowest BCUT2D eigenvalue weighted by Crippen LogP contribution is -2.39. The topological polar surface area (TPSA) is 52.6 Å². The number of carbonyl (C=O) groups is 1. The number of carbonyl (C=O) groups excluding carboxylic acids is 1. The Morgan fingerprint density at radius 3 is 2.30 bits per heavy atom. The molecule has 2 N–H and O–H groups in total. The lowest BCUT2D eigenvalue weighted by Gasteiger charge is -2.23. The summed E-state index contributed by atoms with van der Waals surface area (Å²) in [6.45, 7) is 8.75. The van der Waals surface area contributed by atoms with E-state index in [1.807, 2.05) is 11.8 Å². The van der Waals surface area contributed by atoms with Crippen LogP contribution in [0.25, 0.3) is 0 Å². The van der Waals surface area contributed by atoms with Gasteiger partial charge in [-0.25, -0.2) is 0 Å². The zero-order chi connectivity index (χ0) is 15.0. The van der Waals surface area contributed by atoms with E-state index in [0.717, 1.165) is 38.9 Å². The molecule has 1 fully saturated rings. The Hall–Kier alpha value is -0.610. The molecule has 0 aliphatic carbocycles. The third-order valence-corrected chi connectivity index (χ3v) is 4.00. The van der Waals surface area contributed by atoms with Crippen molar-refractivity contribution in [3.63, 3.8) is 0 Å². The standard InChI is InChI=1S/C16H32N2O2/c1-13(10-15(3)19)12-17-14(2)11-16(20)18-8-6-4-5-7-9-18/h13-15,17,19H,4-12H2,1-3H3. The van der Waals surface area contributed by atoms with Crippen LogP contribution < -0.4 is 5.32 Å². The van der Waals surface area contributed by atoms with Gasteiger partial charge >= 0.3 is 0 Å². The fourth-order valence-corrected chi connectivity index (χ4v) is 2.85. The molecular formula is C16H32N2O2. The van der Waals surface area contributed by atoms with E-state index in [2.05, 4.69) is 19.2 Å². The molecule has 0 aromatic heterocycles. The SMILES string of the molecule is CC(O)CC(C)CNC(C)CC(=O)N1CCCCCC1. The molecule has 4 nitrogen and oxygen atoms in total. The molecule has 20 heavy (non-hydrogen) atoms. The van der Waals surface area contributed by atoms with Crippen LogP contribution in [0.2, 0.25) is 0 Å². The first-order valence-corrected chi connectivity index (χ1v) is 8.18. The van der Waals surface area contributed by atoms with Gasteiger partial charge in [-0.05, 0) is 45.6 Å². The van der Waals surface area contributed by atoms with Crippen LogP contribution in [0.15, 0.2) is 0 Å². The van der Waals surface area contributed by atoms with Crippen molar-refractivity contribution in [2.45, 2.75) is 71.4 Å². The van der Waals surface area contributed by atoms with Gasteiger partial charge in [0.15, 0.2) is 0 Å². The van der Waals surface area contributed by atoms with E-state index in [1.54, 1.807) is 0 Å². The number of hydrogen-bond acceptors (Lipinski definition) is 3. The van der Waals surface area contributed by atoms with Crippen LogP contribution in [-0.4, -0.2) is 47.7 Å². The number of amides is 1. The van der Waals surface area contributed by atoms with Gasteiger partial charge in [0.1, 0.15) is 0 Å². The number of hydrogen-bond donors (Lipinski definition) is 2. The van der Waals surface area contributed by atoms with Gasteiger partial charge in [-0.15, -0.1) is 0 Å². The molecule has 1 saturated heterocycles. The van der Waals surface area contributed by atoms with Crippen molar-refractivity contribution in [3.05, 3.63) is 0 Å². The molecule has 0 saturated carbocycles. The van der Waals surface area contributed by atoms with Gasteiger partial charge in [-0.3, -0.25) is 4.79 Å². The summed E-state index contributed by atoms with van der Waals surface area (Å²) in [4.78, 5) is 14.3. The van der Waals surface area contributed by atoms with Gasteiger partial charge in [0.2, 0.25) is 5.91 Å². The number of aliphatic hydroxyl groups excluding tert-OH is 1. The highest BCUT2D eigenvalue weighted by Crippen LogP contribution is 2.11.